The van der Waals surface area contributed by atoms with Gasteiger partial charge in [0.2, 0.25) is 0 Å². The van der Waals surface area contributed by atoms with E-state index in [2.05, 4.69) is 26.0 Å². The van der Waals surface area contributed by atoms with Crippen LogP contribution in [-0.4, -0.2) is 23.9 Å². The van der Waals surface area contributed by atoms with E-state index in [0.29, 0.717) is 11.8 Å². The molecule has 0 bridgehead atoms. The second-order valence-electron chi connectivity index (χ2n) is 5.22. The summed E-state index contributed by atoms with van der Waals surface area (Å²) in [6.07, 6.45) is 7.78. The number of aliphatic hydroxyl groups is 1. The molecule has 0 aromatic carbocycles. The first-order valence-electron chi connectivity index (χ1n) is 6.03. The summed E-state index contributed by atoms with van der Waals surface area (Å²) in [5, 5.41) is 10.7. The molecule has 1 saturated carbocycles. The van der Waals surface area contributed by atoms with Crippen molar-refractivity contribution in [3.8, 4) is 0 Å². The highest BCUT2D eigenvalue weighted by molar-refractivity contribution is 5.12. The average Bonchev–Trinajstić information content (AvgIpc) is 2.55. The van der Waals surface area contributed by atoms with Crippen molar-refractivity contribution in [2.45, 2.75) is 44.8 Å². The zero-order valence-electron chi connectivity index (χ0n) is 9.94. The van der Waals surface area contributed by atoms with Crippen molar-refractivity contribution >= 4 is 0 Å². The summed E-state index contributed by atoms with van der Waals surface area (Å²) < 4.78 is 5.56. The highest BCUT2D eigenvalue weighted by Gasteiger charge is 2.49. The van der Waals surface area contributed by atoms with Crippen LogP contribution in [0.2, 0.25) is 0 Å². The molecular weight excluding hydrogens is 188 g/mol. The van der Waals surface area contributed by atoms with Gasteiger partial charge in [0.25, 0.3) is 0 Å². The Labute approximate surface area is 92.3 Å². The van der Waals surface area contributed by atoms with Crippen LogP contribution in [0.5, 0.6) is 0 Å². The molecule has 2 aliphatic rings. The van der Waals surface area contributed by atoms with Gasteiger partial charge >= 0.3 is 0 Å². The van der Waals surface area contributed by atoms with Crippen molar-refractivity contribution < 1.29 is 9.84 Å². The molecule has 5 atom stereocenters. The Balaban J connectivity index is 2.31. The van der Waals surface area contributed by atoms with Gasteiger partial charge in [0.15, 0.2) is 0 Å². The van der Waals surface area contributed by atoms with Crippen LogP contribution < -0.4 is 0 Å². The molecule has 1 fully saturated rings. The Kier molecular flexibility index (Phi) is 2.91. The maximum atomic E-state index is 10.7. The number of hydrogen-bond acceptors (Lipinski definition) is 2. The molecule has 1 N–H and O–H groups in total. The smallest absolute Gasteiger partial charge is 0.0760 e. The van der Waals surface area contributed by atoms with Crippen molar-refractivity contribution in [2.24, 2.45) is 17.8 Å². The number of fused-ring (bicyclic) bond motifs is 1. The third-order valence-electron chi connectivity index (χ3n) is 4.45. The van der Waals surface area contributed by atoms with Crippen molar-refractivity contribution in [1.29, 1.82) is 0 Å². The molecule has 2 rings (SSSR count). The van der Waals surface area contributed by atoms with Crippen LogP contribution >= 0.6 is 0 Å². The Morgan fingerprint density at radius 2 is 2.07 bits per heavy atom. The van der Waals surface area contributed by atoms with Crippen molar-refractivity contribution in [3.05, 3.63) is 12.2 Å². The fourth-order valence-corrected chi connectivity index (χ4v) is 3.45. The number of methoxy groups -OCH3 is 1. The van der Waals surface area contributed by atoms with Crippen LogP contribution in [0.25, 0.3) is 0 Å². The lowest BCUT2D eigenvalue weighted by Crippen LogP contribution is -2.45. The van der Waals surface area contributed by atoms with E-state index in [1.165, 1.54) is 0 Å². The zero-order valence-corrected chi connectivity index (χ0v) is 9.94. The molecule has 0 aliphatic heterocycles. The lowest BCUT2D eigenvalue weighted by Gasteiger charge is -2.38. The van der Waals surface area contributed by atoms with E-state index in [1.54, 1.807) is 7.11 Å². The topological polar surface area (TPSA) is 29.5 Å². The summed E-state index contributed by atoms with van der Waals surface area (Å²) >= 11 is 0. The standard InChI is InChI=1S/C13H22O2/c1-9-6-7-11-5-4-8-13(11,14)10(2)12(9)15-3/h6-7,9-12,14H,4-5,8H2,1-3H3/t9-,10-,11-,12-,13+/m1/s1. The predicted octanol–water partition coefficient (Wildman–Crippen LogP) is 2.37. The molecule has 2 nitrogen and oxygen atoms in total. The molecule has 0 radical (unpaired) electrons. The summed E-state index contributed by atoms with van der Waals surface area (Å²) in [6, 6.07) is 0. The summed E-state index contributed by atoms with van der Waals surface area (Å²) in [5.41, 5.74) is -0.526. The maximum absolute atomic E-state index is 10.7. The summed E-state index contributed by atoms with van der Waals surface area (Å²) in [7, 11) is 1.75. The predicted molar refractivity (Wildman–Crippen MR) is 60.6 cm³/mol. The molecule has 0 spiro atoms. The third-order valence-corrected chi connectivity index (χ3v) is 4.45. The number of hydrogen-bond donors (Lipinski definition) is 1. The van der Waals surface area contributed by atoms with Gasteiger partial charge in [-0.05, 0) is 19.3 Å². The molecule has 0 aromatic heterocycles. The van der Waals surface area contributed by atoms with Gasteiger partial charge in [0, 0.05) is 24.9 Å². The van der Waals surface area contributed by atoms with Crippen LogP contribution in [0, 0.1) is 17.8 Å². The molecule has 0 heterocycles. The van der Waals surface area contributed by atoms with Crippen LogP contribution in [0.1, 0.15) is 33.1 Å². The second-order valence-corrected chi connectivity index (χ2v) is 5.22. The Morgan fingerprint density at radius 3 is 2.73 bits per heavy atom. The van der Waals surface area contributed by atoms with E-state index >= 15 is 0 Å². The summed E-state index contributed by atoms with van der Waals surface area (Å²) in [6.45, 7) is 4.31. The minimum Gasteiger partial charge on any atom is -0.389 e. The molecule has 0 aromatic rings. The first-order chi connectivity index (χ1) is 7.09. The lowest BCUT2D eigenvalue weighted by atomic mass is 9.77. The average molecular weight is 210 g/mol. The molecule has 86 valence electrons. The first kappa shape index (κ1) is 11.2. The Morgan fingerprint density at radius 1 is 1.33 bits per heavy atom. The molecule has 2 heteroatoms. The third kappa shape index (κ3) is 1.64. The molecule has 15 heavy (non-hydrogen) atoms. The highest BCUT2D eigenvalue weighted by Crippen LogP contribution is 2.46. The number of rotatable bonds is 1. The van der Waals surface area contributed by atoms with Crippen molar-refractivity contribution in [2.75, 3.05) is 7.11 Å². The summed E-state index contributed by atoms with van der Waals surface area (Å²) in [5.74, 6) is 0.967. The van der Waals surface area contributed by atoms with Gasteiger partial charge < -0.3 is 9.84 Å². The molecule has 0 amide bonds. The van der Waals surface area contributed by atoms with Crippen molar-refractivity contribution in [1.82, 2.24) is 0 Å². The second kappa shape index (κ2) is 3.91. The molecule has 2 aliphatic carbocycles. The molecule has 0 unspecified atom stereocenters. The first-order valence-corrected chi connectivity index (χ1v) is 6.03. The van der Waals surface area contributed by atoms with Crippen molar-refractivity contribution in [3.63, 3.8) is 0 Å². The lowest BCUT2D eigenvalue weighted by molar-refractivity contribution is -0.0943. The largest absolute Gasteiger partial charge is 0.389 e. The van der Waals surface area contributed by atoms with Gasteiger partial charge in [-0.3, -0.25) is 0 Å². The van der Waals surface area contributed by atoms with Crippen LogP contribution in [0.4, 0.5) is 0 Å². The van der Waals surface area contributed by atoms with E-state index in [1.807, 2.05) is 0 Å². The maximum Gasteiger partial charge on any atom is 0.0760 e. The van der Waals surface area contributed by atoms with Crippen LogP contribution in [0.3, 0.4) is 0 Å². The zero-order chi connectivity index (χ0) is 11.1. The quantitative estimate of drug-likeness (QED) is 0.673. The van der Waals surface area contributed by atoms with E-state index in [-0.39, 0.29) is 12.0 Å². The minimum atomic E-state index is -0.526. The van der Waals surface area contributed by atoms with Crippen LogP contribution in [-0.2, 0) is 4.74 Å². The Hall–Kier alpha value is -0.340. The van der Waals surface area contributed by atoms with E-state index in [9.17, 15) is 5.11 Å². The number of ether oxygens (including phenoxy) is 1. The van der Waals surface area contributed by atoms with Gasteiger partial charge in [-0.1, -0.05) is 26.0 Å². The monoisotopic (exact) mass is 210 g/mol. The summed E-state index contributed by atoms with van der Waals surface area (Å²) in [4.78, 5) is 0. The van der Waals surface area contributed by atoms with E-state index < -0.39 is 5.60 Å². The van der Waals surface area contributed by atoms with Crippen LogP contribution in [0.15, 0.2) is 12.2 Å². The molecular formula is C13H22O2. The van der Waals surface area contributed by atoms with Gasteiger partial charge in [0.05, 0.1) is 11.7 Å². The Bertz CT molecular complexity index is 261. The van der Waals surface area contributed by atoms with E-state index in [0.717, 1.165) is 19.3 Å². The fourth-order valence-electron chi connectivity index (χ4n) is 3.45. The van der Waals surface area contributed by atoms with E-state index in [4.69, 9.17) is 4.74 Å². The fraction of sp³-hybridized carbons (Fsp3) is 0.846. The normalized spacial score (nSPS) is 50.1. The van der Waals surface area contributed by atoms with Gasteiger partial charge in [-0.2, -0.15) is 0 Å². The highest BCUT2D eigenvalue weighted by atomic mass is 16.5. The SMILES string of the molecule is CO[C@@H]1[C@H](C)C=C[C@H]2CCC[C@]2(O)[C@@H]1C. The van der Waals surface area contributed by atoms with Gasteiger partial charge in [0.1, 0.15) is 0 Å². The van der Waals surface area contributed by atoms with Gasteiger partial charge in [-0.25, -0.2) is 0 Å². The molecule has 0 saturated heterocycles. The van der Waals surface area contributed by atoms with Gasteiger partial charge in [-0.15, -0.1) is 0 Å². The minimum absolute atomic E-state index is 0.148.